The first-order chi connectivity index (χ1) is 16.4. The molecule has 34 heavy (non-hydrogen) atoms. The predicted molar refractivity (Wildman–Crippen MR) is 128 cm³/mol. The van der Waals surface area contributed by atoms with Gasteiger partial charge in [0, 0.05) is 11.8 Å². The molecule has 5 heteroatoms. The summed E-state index contributed by atoms with van der Waals surface area (Å²) in [5.41, 5.74) is 6.43. The van der Waals surface area contributed by atoms with Crippen molar-refractivity contribution in [2.45, 2.75) is 38.0 Å². The average molecular weight is 452 g/mol. The monoisotopic (exact) mass is 451 g/mol. The molecule has 1 saturated heterocycles. The molecule has 3 aromatic rings. The molecule has 3 aliphatic carbocycles. The van der Waals surface area contributed by atoms with Crippen molar-refractivity contribution < 1.29 is 19.5 Å². The van der Waals surface area contributed by atoms with Crippen molar-refractivity contribution in [3.8, 4) is 0 Å². The van der Waals surface area contributed by atoms with Gasteiger partial charge in [0.25, 0.3) is 0 Å². The van der Waals surface area contributed by atoms with Crippen LogP contribution in [0.3, 0.4) is 0 Å². The number of carbonyl (C=O) groups is 3. The molecular weight excluding hydrogens is 426 g/mol. The lowest BCUT2D eigenvalue weighted by atomic mass is 9.54. The maximum absolute atomic E-state index is 13.8. The summed E-state index contributed by atoms with van der Waals surface area (Å²) in [7, 11) is 0. The predicted octanol–water partition coefficient (Wildman–Crippen LogP) is 5.29. The van der Waals surface area contributed by atoms with Gasteiger partial charge in [-0.2, -0.15) is 0 Å². The SMILES string of the molecule is CCC(C)c1ccc2c(c1)C1c3ccccc3C2C2C(=O)N(c3ccc(C(=O)O)cc3)C(=O)C12. The van der Waals surface area contributed by atoms with E-state index in [-0.39, 0.29) is 29.2 Å². The van der Waals surface area contributed by atoms with Crippen LogP contribution in [0.2, 0.25) is 0 Å². The zero-order valence-electron chi connectivity index (χ0n) is 19.1. The fourth-order valence-corrected chi connectivity index (χ4v) is 6.30. The number of hydrogen-bond acceptors (Lipinski definition) is 3. The highest BCUT2D eigenvalue weighted by Gasteiger charge is 2.61. The lowest BCUT2D eigenvalue weighted by Gasteiger charge is -2.46. The van der Waals surface area contributed by atoms with Gasteiger partial charge < -0.3 is 5.11 Å². The van der Waals surface area contributed by atoms with Crippen LogP contribution in [0.15, 0.2) is 66.7 Å². The highest BCUT2D eigenvalue weighted by atomic mass is 16.4. The number of anilines is 1. The quantitative estimate of drug-likeness (QED) is 0.547. The van der Waals surface area contributed by atoms with Crippen LogP contribution in [0.4, 0.5) is 5.69 Å². The van der Waals surface area contributed by atoms with Crippen molar-refractivity contribution >= 4 is 23.5 Å². The maximum Gasteiger partial charge on any atom is 0.335 e. The van der Waals surface area contributed by atoms with Gasteiger partial charge in [-0.3, -0.25) is 9.59 Å². The summed E-state index contributed by atoms with van der Waals surface area (Å²) in [6.07, 6.45) is 1.03. The van der Waals surface area contributed by atoms with E-state index in [1.165, 1.54) is 28.2 Å². The minimum Gasteiger partial charge on any atom is -0.478 e. The Hall–Kier alpha value is -3.73. The first kappa shape index (κ1) is 20.8. The van der Waals surface area contributed by atoms with E-state index in [0.29, 0.717) is 11.6 Å². The van der Waals surface area contributed by atoms with E-state index < -0.39 is 17.8 Å². The van der Waals surface area contributed by atoms with Gasteiger partial charge in [-0.15, -0.1) is 0 Å². The van der Waals surface area contributed by atoms with Crippen molar-refractivity contribution in [2.75, 3.05) is 4.90 Å². The second-order valence-electron chi connectivity index (χ2n) is 9.70. The van der Waals surface area contributed by atoms with Crippen LogP contribution in [0, 0.1) is 11.8 Å². The fraction of sp³-hybridized carbons (Fsp3) is 0.276. The third-order valence-corrected chi connectivity index (χ3v) is 8.12. The fourth-order valence-electron chi connectivity index (χ4n) is 6.30. The summed E-state index contributed by atoms with van der Waals surface area (Å²) in [5, 5.41) is 9.22. The van der Waals surface area contributed by atoms with Crippen LogP contribution < -0.4 is 4.90 Å². The minimum absolute atomic E-state index is 0.123. The normalized spacial score (nSPS) is 25.1. The number of hydrogen-bond donors (Lipinski definition) is 1. The Balaban J connectivity index is 1.50. The first-order valence-electron chi connectivity index (χ1n) is 11.9. The Morgan fingerprint density at radius 3 is 1.97 bits per heavy atom. The summed E-state index contributed by atoms with van der Waals surface area (Å²) in [6, 6.07) is 20.8. The molecule has 5 nitrogen and oxygen atoms in total. The molecule has 0 radical (unpaired) electrons. The molecule has 170 valence electrons. The van der Waals surface area contributed by atoms with E-state index in [2.05, 4.69) is 44.2 Å². The van der Waals surface area contributed by atoms with Gasteiger partial charge in [0.1, 0.15) is 0 Å². The third-order valence-electron chi connectivity index (χ3n) is 8.12. The summed E-state index contributed by atoms with van der Waals surface area (Å²) in [4.78, 5) is 40.2. The van der Waals surface area contributed by atoms with Gasteiger partial charge >= 0.3 is 5.97 Å². The van der Waals surface area contributed by atoms with Crippen LogP contribution in [0.25, 0.3) is 0 Å². The number of imide groups is 1. The van der Waals surface area contributed by atoms with E-state index in [1.807, 2.05) is 12.1 Å². The zero-order valence-corrected chi connectivity index (χ0v) is 19.1. The van der Waals surface area contributed by atoms with E-state index in [4.69, 9.17) is 0 Å². The topological polar surface area (TPSA) is 74.7 Å². The second-order valence-corrected chi connectivity index (χ2v) is 9.70. The number of rotatable bonds is 4. The number of carbonyl (C=O) groups excluding carboxylic acids is 2. The van der Waals surface area contributed by atoms with Crippen molar-refractivity contribution in [3.63, 3.8) is 0 Å². The molecule has 7 rings (SSSR count). The Kier molecular flexibility index (Phi) is 4.53. The number of nitrogens with zero attached hydrogens (tertiary/aromatic N) is 1. The maximum atomic E-state index is 13.8. The van der Waals surface area contributed by atoms with Crippen molar-refractivity contribution in [2.24, 2.45) is 11.8 Å². The van der Waals surface area contributed by atoms with Gasteiger partial charge in [-0.1, -0.05) is 56.3 Å². The largest absolute Gasteiger partial charge is 0.478 e. The first-order valence-corrected chi connectivity index (χ1v) is 11.9. The molecule has 0 saturated carbocycles. The molecule has 0 spiro atoms. The molecule has 2 bridgehead atoms. The Morgan fingerprint density at radius 1 is 0.853 bits per heavy atom. The molecular formula is C29H25NO4. The van der Waals surface area contributed by atoms with Gasteiger partial charge in [-0.05, 0) is 64.4 Å². The minimum atomic E-state index is -1.04. The highest BCUT2D eigenvalue weighted by Crippen LogP contribution is 2.61. The number of carboxylic acid groups (broad SMARTS) is 1. The molecule has 2 amide bonds. The Labute approximate surface area is 198 Å². The zero-order chi connectivity index (χ0) is 23.7. The molecule has 1 aliphatic heterocycles. The van der Waals surface area contributed by atoms with E-state index in [9.17, 15) is 19.5 Å². The lowest BCUT2D eigenvalue weighted by Crippen LogP contribution is -2.41. The van der Waals surface area contributed by atoms with E-state index in [0.717, 1.165) is 23.1 Å². The lowest BCUT2D eigenvalue weighted by molar-refractivity contribution is -0.122. The van der Waals surface area contributed by atoms with Crippen LogP contribution in [-0.2, 0) is 9.59 Å². The molecule has 0 aromatic heterocycles. The van der Waals surface area contributed by atoms with Crippen LogP contribution in [0.5, 0.6) is 0 Å². The van der Waals surface area contributed by atoms with Gasteiger partial charge in [0.15, 0.2) is 0 Å². The highest BCUT2D eigenvalue weighted by molar-refractivity contribution is 6.23. The summed E-state index contributed by atoms with van der Waals surface area (Å²) < 4.78 is 0. The van der Waals surface area contributed by atoms with Crippen molar-refractivity contribution in [3.05, 3.63) is 100 Å². The van der Waals surface area contributed by atoms with Crippen molar-refractivity contribution in [1.82, 2.24) is 0 Å². The molecule has 5 atom stereocenters. The Bertz CT molecular complexity index is 1360. The van der Waals surface area contributed by atoms with Crippen LogP contribution >= 0.6 is 0 Å². The van der Waals surface area contributed by atoms with Crippen LogP contribution in [-0.4, -0.2) is 22.9 Å². The number of amides is 2. The van der Waals surface area contributed by atoms with Gasteiger partial charge in [0.05, 0.1) is 23.1 Å². The van der Waals surface area contributed by atoms with E-state index >= 15 is 0 Å². The molecule has 4 aliphatic rings. The Morgan fingerprint density at radius 2 is 1.41 bits per heavy atom. The van der Waals surface area contributed by atoms with Gasteiger partial charge in [0.2, 0.25) is 11.8 Å². The average Bonchev–Trinajstić information content (AvgIpc) is 3.13. The smallest absolute Gasteiger partial charge is 0.335 e. The van der Waals surface area contributed by atoms with Crippen LogP contribution in [0.1, 0.15) is 76.2 Å². The van der Waals surface area contributed by atoms with Gasteiger partial charge in [-0.25, -0.2) is 9.69 Å². The number of benzene rings is 3. The molecule has 1 heterocycles. The molecule has 1 fully saturated rings. The second kappa shape index (κ2) is 7.39. The number of carboxylic acids is 1. The summed E-state index contributed by atoms with van der Waals surface area (Å²) in [5.74, 6) is -2.24. The standard InChI is InChI=1S/C29H25NO4/c1-3-15(2)17-10-13-21-22(14-17)24-20-7-5-4-6-19(20)23(21)25-26(24)28(32)30(27(25)31)18-11-8-16(9-12-18)29(33)34/h4-15,23-26H,3H2,1-2H3,(H,33,34). The van der Waals surface area contributed by atoms with E-state index in [1.54, 1.807) is 12.1 Å². The number of aromatic carboxylic acids is 1. The summed E-state index contributed by atoms with van der Waals surface area (Å²) in [6.45, 7) is 4.39. The molecule has 1 N–H and O–H groups in total. The van der Waals surface area contributed by atoms with Crippen molar-refractivity contribution in [1.29, 1.82) is 0 Å². The summed E-state index contributed by atoms with van der Waals surface area (Å²) >= 11 is 0. The molecule has 3 aromatic carbocycles. The third kappa shape index (κ3) is 2.70. The molecule has 5 unspecified atom stereocenters.